The number of nitrogens with zero attached hydrogens (tertiary/aromatic N) is 3. The summed E-state index contributed by atoms with van der Waals surface area (Å²) in [5, 5.41) is 6.09. The summed E-state index contributed by atoms with van der Waals surface area (Å²) in [6.45, 7) is 2.10. The van der Waals surface area contributed by atoms with Crippen LogP contribution in [0.3, 0.4) is 0 Å². The third-order valence-electron chi connectivity index (χ3n) is 7.05. The molecule has 0 amide bonds. The summed E-state index contributed by atoms with van der Waals surface area (Å²) in [6.07, 6.45) is 3.48. The minimum absolute atomic E-state index is 0.288. The quantitative estimate of drug-likeness (QED) is 0.170. The maximum atomic E-state index is 13.2. The summed E-state index contributed by atoms with van der Waals surface area (Å²) in [6, 6.07) is 40.7. The summed E-state index contributed by atoms with van der Waals surface area (Å²) in [7, 11) is 0. The van der Waals surface area contributed by atoms with E-state index in [1.54, 1.807) is 12.4 Å². The van der Waals surface area contributed by atoms with Crippen LogP contribution in [0.4, 0.5) is 0 Å². The molecule has 2 heterocycles. The summed E-state index contributed by atoms with van der Waals surface area (Å²) in [5.41, 5.74) is 5.19. The van der Waals surface area contributed by atoms with Crippen molar-refractivity contribution in [2.45, 2.75) is 12.5 Å². The molecule has 5 heteroatoms. The predicted molar refractivity (Wildman–Crippen MR) is 154 cm³/mol. The number of carbonyl (C=O) groups is 1. The molecule has 190 valence electrons. The van der Waals surface area contributed by atoms with E-state index in [9.17, 15) is 4.79 Å². The van der Waals surface area contributed by atoms with Gasteiger partial charge in [0.15, 0.2) is 0 Å². The van der Waals surface area contributed by atoms with E-state index in [1.165, 1.54) is 0 Å². The van der Waals surface area contributed by atoms with Crippen LogP contribution in [0.1, 0.15) is 34.0 Å². The van der Waals surface area contributed by atoms with Gasteiger partial charge in [-0.25, -0.2) is 9.48 Å². The van der Waals surface area contributed by atoms with Gasteiger partial charge in [0.1, 0.15) is 11.2 Å². The second-order valence-corrected chi connectivity index (χ2v) is 9.22. The number of esters is 1. The van der Waals surface area contributed by atoms with Gasteiger partial charge in [0.05, 0.1) is 17.7 Å². The monoisotopic (exact) mass is 509 g/mol. The Labute approximate surface area is 227 Å². The van der Waals surface area contributed by atoms with Gasteiger partial charge in [-0.15, -0.1) is 0 Å². The number of hydrogen-bond donors (Lipinski definition) is 0. The zero-order valence-electron chi connectivity index (χ0n) is 21.6. The maximum Gasteiger partial charge on any atom is 0.338 e. The second kappa shape index (κ2) is 10.4. The molecular formula is C34H27N3O2. The molecule has 0 aliphatic carbocycles. The van der Waals surface area contributed by atoms with Gasteiger partial charge in [-0.1, -0.05) is 97.1 Å². The first-order valence-electron chi connectivity index (χ1n) is 13.0. The van der Waals surface area contributed by atoms with E-state index < -0.39 is 5.54 Å². The van der Waals surface area contributed by atoms with E-state index in [1.807, 2.05) is 55.5 Å². The van der Waals surface area contributed by atoms with Gasteiger partial charge in [-0.05, 0) is 47.9 Å². The molecule has 0 fully saturated rings. The lowest BCUT2D eigenvalue weighted by molar-refractivity contribution is 0.0528. The molecule has 0 aliphatic rings. The Kier molecular flexibility index (Phi) is 6.47. The van der Waals surface area contributed by atoms with Gasteiger partial charge in [-0.3, -0.25) is 4.98 Å². The van der Waals surface area contributed by atoms with E-state index in [0.29, 0.717) is 11.3 Å². The fourth-order valence-corrected chi connectivity index (χ4v) is 5.42. The molecule has 0 unspecified atom stereocenters. The van der Waals surface area contributed by atoms with Crippen molar-refractivity contribution in [1.82, 2.24) is 14.8 Å². The Morgan fingerprint density at radius 2 is 1.26 bits per heavy atom. The van der Waals surface area contributed by atoms with E-state index in [2.05, 4.69) is 82.5 Å². The van der Waals surface area contributed by atoms with Gasteiger partial charge in [0.2, 0.25) is 0 Å². The Bertz CT molecular complexity index is 1620. The number of pyridine rings is 1. The van der Waals surface area contributed by atoms with Gasteiger partial charge in [0.25, 0.3) is 0 Å². The first-order valence-corrected chi connectivity index (χ1v) is 13.0. The first kappa shape index (κ1) is 24.3. The summed E-state index contributed by atoms with van der Waals surface area (Å²) in [5.74, 6) is -0.373. The molecule has 5 nitrogen and oxygen atoms in total. The Morgan fingerprint density at radius 3 is 1.77 bits per heavy atom. The molecule has 0 saturated heterocycles. The van der Waals surface area contributed by atoms with Crippen molar-refractivity contribution in [2.75, 3.05) is 6.61 Å². The molecule has 39 heavy (non-hydrogen) atoms. The zero-order valence-corrected chi connectivity index (χ0v) is 21.6. The van der Waals surface area contributed by atoms with Crippen molar-refractivity contribution in [3.8, 4) is 11.3 Å². The Balaban J connectivity index is 1.81. The smallest absolute Gasteiger partial charge is 0.338 e. The highest BCUT2D eigenvalue weighted by molar-refractivity contribution is 6.09. The van der Waals surface area contributed by atoms with Gasteiger partial charge in [-0.2, -0.15) is 5.10 Å². The molecule has 0 N–H and O–H groups in total. The van der Waals surface area contributed by atoms with Crippen LogP contribution < -0.4 is 0 Å². The lowest BCUT2D eigenvalue weighted by Gasteiger charge is -2.37. The lowest BCUT2D eigenvalue weighted by Crippen LogP contribution is -2.38. The maximum absolute atomic E-state index is 13.2. The first-order chi connectivity index (χ1) is 19.2. The molecule has 0 radical (unpaired) electrons. The molecule has 0 spiro atoms. The number of ether oxygens (including phenoxy) is 1. The van der Waals surface area contributed by atoms with Crippen molar-refractivity contribution in [2.24, 2.45) is 0 Å². The van der Waals surface area contributed by atoms with E-state index >= 15 is 0 Å². The van der Waals surface area contributed by atoms with E-state index in [4.69, 9.17) is 9.84 Å². The average Bonchev–Trinajstić information content (AvgIpc) is 3.40. The molecule has 0 aliphatic heterocycles. The number of benzene rings is 4. The number of rotatable bonds is 7. The van der Waals surface area contributed by atoms with Crippen molar-refractivity contribution in [3.63, 3.8) is 0 Å². The standard InChI is InChI=1S/C34H27N3O2/c1-2-39-33(38)29-19-12-20-30-31(29)32(25-21-23-35-24-22-25)36-37(30)34(26-13-6-3-7-14-26,27-15-8-4-9-16-27)28-17-10-5-11-18-28/h3-24H,2H2,1H3. The molecule has 4 aromatic carbocycles. The fourth-order valence-electron chi connectivity index (χ4n) is 5.42. The molecule has 6 rings (SSSR count). The second-order valence-electron chi connectivity index (χ2n) is 9.22. The molecule has 0 saturated carbocycles. The fraction of sp³-hybridized carbons (Fsp3) is 0.0882. The van der Waals surface area contributed by atoms with Crippen molar-refractivity contribution in [3.05, 3.63) is 156 Å². The minimum Gasteiger partial charge on any atom is -0.462 e. The molecule has 6 aromatic rings. The molecule has 0 atom stereocenters. The van der Waals surface area contributed by atoms with Gasteiger partial charge >= 0.3 is 5.97 Å². The Hall–Kier alpha value is -5.03. The predicted octanol–water partition coefficient (Wildman–Crippen LogP) is 7.12. The number of hydrogen-bond acceptors (Lipinski definition) is 4. The van der Waals surface area contributed by atoms with E-state index in [0.717, 1.165) is 33.2 Å². The molecule has 2 aromatic heterocycles. The third kappa shape index (κ3) is 4.09. The van der Waals surface area contributed by atoms with Gasteiger partial charge in [0, 0.05) is 23.3 Å². The van der Waals surface area contributed by atoms with Crippen LogP contribution in [0.5, 0.6) is 0 Å². The molecule has 0 bridgehead atoms. The number of fused-ring (bicyclic) bond motifs is 1. The summed E-state index contributed by atoms with van der Waals surface area (Å²) in [4.78, 5) is 17.4. The summed E-state index contributed by atoms with van der Waals surface area (Å²) < 4.78 is 7.56. The van der Waals surface area contributed by atoms with Crippen LogP contribution in [0, 0.1) is 0 Å². The largest absolute Gasteiger partial charge is 0.462 e. The lowest BCUT2D eigenvalue weighted by atomic mass is 9.77. The molecular weight excluding hydrogens is 482 g/mol. The third-order valence-corrected chi connectivity index (χ3v) is 7.05. The van der Waals surface area contributed by atoms with Crippen molar-refractivity contribution < 1.29 is 9.53 Å². The SMILES string of the molecule is CCOC(=O)c1cccc2c1c(-c1ccncc1)nn2C(c1ccccc1)(c1ccccc1)c1ccccc1. The minimum atomic E-state index is -0.833. The van der Waals surface area contributed by atoms with Crippen LogP contribution in [-0.4, -0.2) is 27.3 Å². The van der Waals surface area contributed by atoms with Gasteiger partial charge < -0.3 is 4.74 Å². The summed E-state index contributed by atoms with van der Waals surface area (Å²) >= 11 is 0. The average molecular weight is 510 g/mol. The topological polar surface area (TPSA) is 57.0 Å². The van der Waals surface area contributed by atoms with E-state index in [-0.39, 0.29) is 12.6 Å². The van der Waals surface area contributed by atoms with Crippen LogP contribution in [0.15, 0.2) is 134 Å². The van der Waals surface area contributed by atoms with Crippen LogP contribution >= 0.6 is 0 Å². The van der Waals surface area contributed by atoms with Crippen molar-refractivity contribution in [1.29, 1.82) is 0 Å². The van der Waals surface area contributed by atoms with Crippen molar-refractivity contribution >= 4 is 16.9 Å². The Morgan fingerprint density at radius 1 is 0.718 bits per heavy atom. The van der Waals surface area contributed by atoms with Crippen LogP contribution in [-0.2, 0) is 10.3 Å². The number of aromatic nitrogens is 3. The van der Waals surface area contributed by atoms with Crippen LogP contribution in [0.25, 0.3) is 22.2 Å². The normalized spacial score (nSPS) is 11.4. The zero-order chi connectivity index (χ0) is 26.7. The highest BCUT2D eigenvalue weighted by atomic mass is 16.5. The highest BCUT2D eigenvalue weighted by Crippen LogP contribution is 2.44. The number of carbonyl (C=O) groups excluding carboxylic acids is 1. The van der Waals surface area contributed by atoms with Crippen LogP contribution in [0.2, 0.25) is 0 Å². The highest BCUT2D eigenvalue weighted by Gasteiger charge is 2.41.